The summed E-state index contributed by atoms with van der Waals surface area (Å²) in [5, 5.41) is 21.9. The van der Waals surface area contributed by atoms with Crippen LogP contribution in [0, 0.1) is 0 Å². The number of hydrogen-bond donors (Lipinski definition) is 3. The molecular weight excluding hydrogens is 266 g/mol. The lowest BCUT2D eigenvalue weighted by atomic mass is 10.1. The maximum Gasteiger partial charge on any atom is 0.255 e. The predicted octanol–water partition coefficient (Wildman–Crippen LogP) is 2.68. The Hall–Kier alpha value is -2.20. The van der Waals surface area contributed by atoms with Crippen LogP contribution in [0.4, 0.5) is 0 Å². The highest BCUT2D eigenvalue weighted by molar-refractivity contribution is 6.31. The second kappa shape index (κ2) is 5.63. The lowest BCUT2D eigenvalue weighted by Gasteiger charge is -2.07. The molecule has 3 N–H and O–H groups in total. The number of benzene rings is 2. The van der Waals surface area contributed by atoms with Crippen molar-refractivity contribution in [1.29, 1.82) is 0 Å². The Kier molecular flexibility index (Phi) is 3.92. The number of aromatic hydroxyl groups is 2. The first-order chi connectivity index (χ1) is 9.06. The summed E-state index contributed by atoms with van der Waals surface area (Å²) < 4.78 is 0. The van der Waals surface area contributed by atoms with Crippen LogP contribution in [0.3, 0.4) is 0 Å². The fourth-order valence-corrected chi connectivity index (χ4v) is 1.81. The molecule has 0 aliphatic rings. The van der Waals surface area contributed by atoms with Gasteiger partial charge in [-0.2, -0.15) is 0 Å². The van der Waals surface area contributed by atoms with Gasteiger partial charge in [0.15, 0.2) is 0 Å². The molecule has 5 heteroatoms. The summed E-state index contributed by atoms with van der Waals surface area (Å²) in [5.41, 5.74) is 0.877. The van der Waals surface area contributed by atoms with Gasteiger partial charge < -0.3 is 15.5 Å². The van der Waals surface area contributed by atoms with Crippen LogP contribution in [0.15, 0.2) is 42.5 Å². The molecule has 0 bridgehead atoms. The largest absolute Gasteiger partial charge is 0.508 e. The van der Waals surface area contributed by atoms with E-state index in [0.717, 1.165) is 5.56 Å². The maximum absolute atomic E-state index is 11.9. The predicted molar refractivity (Wildman–Crippen MR) is 72.4 cm³/mol. The van der Waals surface area contributed by atoms with Crippen LogP contribution in [-0.2, 0) is 6.54 Å². The lowest BCUT2D eigenvalue weighted by Crippen LogP contribution is -2.22. The van der Waals surface area contributed by atoms with Crippen molar-refractivity contribution in [3.05, 3.63) is 58.6 Å². The van der Waals surface area contributed by atoms with Crippen molar-refractivity contribution < 1.29 is 15.0 Å². The summed E-state index contributed by atoms with van der Waals surface area (Å²) in [5.74, 6) is -0.418. The van der Waals surface area contributed by atoms with E-state index in [1.165, 1.54) is 18.2 Å². The van der Waals surface area contributed by atoms with Crippen molar-refractivity contribution in [2.75, 3.05) is 0 Å². The SMILES string of the molecule is O=C(NCc1cccc(O)c1)c1cc(Cl)ccc1O. The van der Waals surface area contributed by atoms with E-state index >= 15 is 0 Å². The van der Waals surface area contributed by atoms with Crippen LogP contribution < -0.4 is 5.32 Å². The molecule has 19 heavy (non-hydrogen) atoms. The Balaban J connectivity index is 2.07. The van der Waals surface area contributed by atoms with E-state index in [9.17, 15) is 15.0 Å². The Labute approximate surface area is 115 Å². The third-order valence-electron chi connectivity index (χ3n) is 2.57. The van der Waals surface area contributed by atoms with Crippen LogP contribution in [-0.4, -0.2) is 16.1 Å². The van der Waals surface area contributed by atoms with Crippen LogP contribution in [0.1, 0.15) is 15.9 Å². The second-order valence-corrected chi connectivity index (χ2v) is 4.45. The minimum atomic E-state index is -0.427. The van der Waals surface area contributed by atoms with Crippen molar-refractivity contribution in [1.82, 2.24) is 5.32 Å². The summed E-state index contributed by atoms with van der Waals surface area (Å²) in [6, 6.07) is 10.8. The molecule has 1 amide bonds. The first kappa shape index (κ1) is 13.2. The van der Waals surface area contributed by atoms with E-state index in [4.69, 9.17) is 11.6 Å². The Morgan fingerprint density at radius 2 is 1.95 bits per heavy atom. The highest BCUT2D eigenvalue weighted by atomic mass is 35.5. The summed E-state index contributed by atoms with van der Waals surface area (Å²) in [6.07, 6.45) is 0. The van der Waals surface area contributed by atoms with Gasteiger partial charge in [-0.15, -0.1) is 0 Å². The summed E-state index contributed by atoms with van der Waals surface area (Å²) in [6.45, 7) is 0.249. The van der Waals surface area contributed by atoms with Crippen LogP contribution in [0.2, 0.25) is 5.02 Å². The molecular formula is C14H12ClNO3. The van der Waals surface area contributed by atoms with E-state index in [1.807, 2.05) is 0 Å². The van der Waals surface area contributed by atoms with Crippen LogP contribution >= 0.6 is 11.6 Å². The molecule has 0 saturated heterocycles. The Morgan fingerprint density at radius 3 is 2.68 bits per heavy atom. The molecule has 98 valence electrons. The van der Waals surface area contributed by atoms with Crippen LogP contribution in [0.25, 0.3) is 0 Å². The van der Waals surface area contributed by atoms with Gasteiger partial charge in [-0.25, -0.2) is 0 Å². The smallest absolute Gasteiger partial charge is 0.255 e. The van der Waals surface area contributed by atoms with E-state index in [-0.39, 0.29) is 23.6 Å². The number of hydrogen-bond acceptors (Lipinski definition) is 3. The van der Waals surface area contributed by atoms with Gasteiger partial charge in [0.2, 0.25) is 0 Å². The molecule has 2 aromatic rings. The van der Waals surface area contributed by atoms with E-state index in [0.29, 0.717) is 5.02 Å². The third kappa shape index (κ3) is 3.39. The Bertz CT molecular complexity index is 613. The van der Waals surface area contributed by atoms with Crippen molar-refractivity contribution in [2.24, 2.45) is 0 Å². The molecule has 0 atom stereocenters. The van der Waals surface area contributed by atoms with Crippen molar-refractivity contribution >= 4 is 17.5 Å². The number of nitrogens with one attached hydrogen (secondary N) is 1. The van der Waals surface area contributed by atoms with Gasteiger partial charge in [-0.3, -0.25) is 4.79 Å². The number of rotatable bonds is 3. The molecule has 0 heterocycles. The molecule has 0 aliphatic carbocycles. The highest BCUT2D eigenvalue weighted by Crippen LogP contribution is 2.21. The van der Waals surface area contributed by atoms with Gasteiger partial charge in [-0.1, -0.05) is 23.7 Å². The monoisotopic (exact) mass is 277 g/mol. The van der Waals surface area contributed by atoms with Crippen molar-refractivity contribution in [3.8, 4) is 11.5 Å². The first-order valence-electron chi connectivity index (χ1n) is 5.61. The number of phenols is 2. The molecule has 0 saturated carbocycles. The molecule has 0 fully saturated rings. The van der Waals surface area contributed by atoms with Crippen molar-refractivity contribution in [2.45, 2.75) is 6.54 Å². The molecule has 0 unspecified atom stereocenters. The van der Waals surface area contributed by atoms with Gasteiger partial charge in [0.05, 0.1) is 5.56 Å². The number of halogens is 1. The summed E-state index contributed by atoms with van der Waals surface area (Å²) in [7, 11) is 0. The molecule has 0 radical (unpaired) electrons. The van der Waals surface area contributed by atoms with E-state index in [2.05, 4.69) is 5.32 Å². The van der Waals surface area contributed by atoms with Gasteiger partial charge in [-0.05, 0) is 35.9 Å². The number of carbonyl (C=O) groups excluding carboxylic acids is 1. The normalized spacial score (nSPS) is 10.2. The summed E-state index contributed by atoms with van der Waals surface area (Å²) in [4.78, 5) is 11.9. The maximum atomic E-state index is 11.9. The molecule has 0 aliphatic heterocycles. The molecule has 2 aromatic carbocycles. The topological polar surface area (TPSA) is 69.6 Å². The van der Waals surface area contributed by atoms with Gasteiger partial charge in [0, 0.05) is 11.6 Å². The van der Waals surface area contributed by atoms with E-state index in [1.54, 1.807) is 24.3 Å². The minimum Gasteiger partial charge on any atom is -0.508 e. The third-order valence-corrected chi connectivity index (χ3v) is 2.80. The zero-order valence-corrected chi connectivity index (χ0v) is 10.7. The second-order valence-electron chi connectivity index (χ2n) is 4.01. The van der Waals surface area contributed by atoms with Crippen LogP contribution in [0.5, 0.6) is 11.5 Å². The fraction of sp³-hybridized carbons (Fsp3) is 0.0714. The lowest BCUT2D eigenvalue weighted by molar-refractivity contribution is 0.0948. The molecule has 0 spiro atoms. The van der Waals surface area contributed by atoms with Gasteiger partial charge in [0.25, 0.3) is 5.91 Å². The minimum absolute atomic E-state index is 0.118. The molecule has 4 nitrogen and oxygen atoms in total. The average molecular weight is 278 g/mol. The van der Waals surface area contributed by atoms with E-state index < -0.39 is 5.91 Å². The number of amides is 1. The number of phenolic OH excluding ortho intramolecular Hbond substituents is 2. The zero-order valence-electron chi connectivity index (χ0n) is 9.93. The van der Waals surface area contributed by atoms with Gasteiger partial charge >= 0.3 is 0 Å². The first-order valence-corrected chi connectivity index (χ1v) is 5.98. The molecule has 0 aromatic heterocycles. The number of carbonyl (C=O) groups is 1. The van der Waals surface area contributed by atoms with Gasteiger partial charge in [0.1, 0.15) is 11.5 Å². The molecule has 2 rings (SSSR count). The quantitative estimate of drug-likeness (QED) is 0.808. The zero-order chi connectivity index (χ0) is 13.8. The van der Waals surface area contributed by atoms with Crippen molar-refractivity contribution in [3.63, 3.8) is 0 Å². The highest BCUT2D eigenvalue weighted by Gasteiger charge is 2.11. The fourth-order valence-electron chi connectivity index (χ4n) is 1.63. The summed E-state index contributed by atoms with van der Waals surface area (Å²) >= 11 is 5.77. The standard InChI is InChI=1S/C14H12ClNO3/c15-10-4-5-13(18)12(7-10)14(19)16-8-9-2-1-3-11(17)6-9/h1-7,17-18H,8H2,(H,16,19). The average Bonchev–Trinajstić information content (AvgIpc) is 2.39. The Morgan fingerprint density at radius 1 is 1.16 bits per heavy atom.